The minimum absolute atomic E-state index is 0.387. The van der Waals surface area contributed by atoms with Crippen LogP contribution in [0.4, 0.5) is 5.88 Å². The lowest BCUT2D eigenvalue weighted by Crippen LogP contribution is -2.28. The molecule has 2 aromatic rings. The fourth-order valence-electron chi connectivity index (χ4n) is 2.35. The second kappa shape index (κ2) is 5.65. The molecule has 1 saturated heterocycles. The Kier molecular flexibility index (Phi) is 3.72. The summed E-state index contributed by atoms with van der Waals surface area (Å²) in [5, 5.41) is 11.3. The Balaban J connectivity index is 1.91. The normalized spacial score (nSPS) is 16.9. The lowest BCUT2D eigenvalue weighted by Gasteiger charge is -2.19. The lowest BCUT2D eigenvalue weighted by atomic mass is 10.3. The first kappa shape index (κ1) is 13.2. The highest BCUT2D eigenvalue weighted by Crippen LogP contribution is 2.31. The van der Waals surface area contributed by atoms with Gasteiger partial charge in [0.1, 0.15) is 6.07 Å². The highest BCUT2D eigenvalue weighted by molar-refractivity contribution is 7.13. The zero-order valence-electron chi connectivity index (χ0n) is 11.4. The maximum Gasteiger partial charge on any atom is 0.240 e. The Labute approximate surface area is 122 Å². The van der Waals surface area contributed by atoms with Crippen molar-refractivity contribution in [2.24, 2.45) is 0 Å². The number of aromatic nitrogens is 1. The number of oxazole rings is 1. The topological polar surface area (TPSA) is 56.3 Å². The van der Waals surface area contributed by atoms with E-state index < -0.39 is 0 Å². The van der Waals surface area contributed by atoms with E-state index in [2.05, 4.69) is 27.9 Å². The number of hydrogen-bond donors (Lipinski definition) is 0. The number of hydrogen-bond acceptors (Lipinski definition) is 6. The number of likely N-dealkylation sites (N-methyl/N-ethyl adjacent to an activating group) is 1. The Morgan fingerprint density at radius 3 is 3.00 bits per heavy atom. The molecule has 0 aromatic carbocycles. The van der Waals surface area contributed by atoms with Crippen LogP contribution in [-0.2, 0) is 0 Å². The first-order chi connectivity index (χ1) is 9.78. The monoisotopic (exact) mass is 288 g/mol. The summed E-state index contributed by atoms with van der Waals surface area (Å²) in [5.41, 5.74) is 0.387. The SMILES string of the molecule is CN1CCCN(c2oc(-c3cccs3)nc2C#N)CC1. The van der Waals surface area contributed by atoms with Crippen molar-refractivity contribution in [3.8, 4) is 16.8 Å². The van der Waals surface area contributed by atoms with Crippen molar-refractivity contribution >= 4 is 17.2 Å². The molecule has 0 saturated carbocycles. The molecule has 0 N–H and O–H groups in total. The molecular weight excluding hydrogens is 272 g/mol. The van der Waals surface area contributed by atoms with Crippen LogP contribution in [0.2, 0.25) is 0 Å². The van der Waals surface area contributed by atoms with E-state index in [-0.39, 0.29) is 0 Å². The number of rotatable bonds is 2. The van der Waals surface area contributed by atoms with E-state index in [1.54, 1.807) is 11.3 Å². The van der Waals surface area contributed by atoms with Crippen LogP contribution in [0.15, 0.2) is 21.9 Å². The maximum absolute atomic E-state index is 9.28. The van der Waals surface area contributed by atoms with E-state index in [4.69, 9.17) is 4.42 Å². The van der Waals surface area contributed by atoms with E-state index in [1.165, 1.54) is 0 Å². The minimum Gasteiger partial charge on any atom is -0.418 e. The highest BCUT2D eigenvalue weighted by atomic mass is 32.1. The van der Waals surface area contributed by atoms with Crippen LogP contribution in [0.3, 0.4) is 0 Å². The van der Waals surface area contributed by atoms with Crippen molar-refractivity contribution in [2.45, 2.75) is 6.42 Å². The Hall–Kier alpha value is -1.84. The Morgan fingerprint density at radius 2 is 2.25 bits per heavy atom. The second-order valence-electron chi connectivity index (χ2n) is 4.91. The molecule has 6 heteroatoms. The quantitative estimate of drug-likeness (QED) is 0.849. The van der Waals surface area contributed by atoms with Gasteiger partial charge < -0.3 is 14.2 Å². The number of thiophene rings is 1. The van der Waals surface area contributed by atoms with Gasteiger partial charge in [-0.15, -0.1) is 11.3 Å². The number of anilines is 1. The zero-order chi connectivity index (χ0) is 13.9. The molecule has 0 aliphatic carbocycles. The number of nitrogens with zero attached hydrogens (tertiary/aromatic N) is 4. The van der Waals surface area contributed by atoms with Gasteiger partial charge in [0, 0.05) is 19.6 Å². The largest absolute Gasteiger partial charge is 0.418 e. The Morgan fingerprint density at radius 1 is 1.35 bits per heavy atom. The van der Waals surface area contributed by atoms with Crippen LogP contribution >= 0.6 is 11.3 Å². The molecule has 20 heavy (non-hydrogen) atoms. The van der Waals surface area contributed by atoms with Gasteiger partial charge in [0.2, 0.25) is 17.5 Å². The summed E-state index contributed by atoms with van der Waals surface area (Å²) in [6.07, 6.45) is 1.07. The molecule has 104 valence electrons. The summed E-state index contributed by atoms with van der Waals surface area (Å²) in [4.78, 5) is 9.71. The predicted octanol–water partition coefficient (Wildman–Crippen LogP) is 2.42. The summed E-state index contributed by atoms with van der Waals surface area (Å²) < 4.78 is 5.86. The third-order valence-electron chi connectivity index (χ3n) is 3.45. The van der Waals surface area contributed by atoms with Gasteiger partial charge in [-0.05, 0) is 31.5 Å². The van der Waals surface area contributed by atoms with E-state index >= 15 is 0 Å². The van der Waals surface area contributed by atoms with Crippen molar-refractivity contribution < 1.29 is 4.42 Å². The van der Waals surface area contributed by atoms with Gasteiger partial charge in [-0.25, -0.2) is 0 Å². The average Bonchev–Trinajstić information content (AvgIpc) is 3.06. The minimum atomic E-state index is 0.387. The Bertz CT molecular complexity index is 614. The summed E-state index contributed by atoms with van der Waals surface area (Å²) in [7, 11) is 2.12. The van der Waals surface area contributed by atoms with E-state index in [9.17, 15) is 5.26 Å². The molecule has 3 rings (SSSR count). The zero-order valence-corrected chi connectivity index (χ0v) is 12.2. The number of nitriles is 1. The first-order valence-corrected chi connectivity index (χ1v) is 7.54. The third-order valence-corrected chi connectivity index (χ3v) is 4.31. The molecule has 5 nitrogen and oxygen atoms in total. The van der Waals surface area contributed by atoms with Gasteiger partial charge >= 0.3 is 0 Å². The summed E-state index contributed by atoms with van der Waals surface area (Å²) >= 11 is 1.57. The highest BCUT2D eigenvalue weighted by Gasteiger charge is 2.22. The molecule has 1 aliphatic heterocycles. The third kappa shape index (κ3) is 2.55. The van der Waals surface area contributed by atoms with Crippen molar-refractivity contribution in [3.05, 3.63) is 23.2 Å². The van der Waals surface area contributed by atoms with Gasteiger partial charge in [-0.2, -0.15) is 10.2 Å². The van der Waals surface area contributed by atoms with Crippen molar-refractivity contribution in [1.82, 2.24) is 9.88 Å². The van der Waals surface area contributed by atoms with Crippen LogP contribution in [-0.4, -0.2) is 43.1 Å². The van der Waals surface area contributed by atoms with Crippen LogP contribution < -0.4 is 4.90 Å². The predicted molar refractivity (Wildman–Crippen MR) is 78.9 cm³/mol. The molecular formula is C14H16N4OS. The molecule has 3 heterocycles. The van der Waals surface area contributed by atoms with Gasteiger partial charge in [0.15, 0.2) is 0 Å². The van der Waals surface area contributed by atoms with Crippen LogP contribution in [0, 0.1) is 11.3 Å². The maximum atomic E-state index is 9.28. The molecule has 1 fully saturated rings. The van der Waals surface area contributed by atoms with E-state index in [0.717, 1.165) is 37.5 Å². The van der Waals surface area contributed by atoms with E-state index in [1.807, 2.05) is 17.5 Å². The molecule has 0 atom stereocenters. The molecule has 0 unspecified atom stereocenters. The van der Waals surface area contributed by atoms with Gasteiger partial charge in [0.25, 0.3) is 0 Å². The van der Waals surface area contributed by atoms with Crippen molar-refractivity contribution in [3.63, 3.8) is 0 Å². The first-order valence-electron chi connectivity index (χ1n) is 6.66. The molecule has 0 spiro atoms. The van der Waals surface area contributed by atoms with Crippen LogP contribution in [0.5, 0.6) is 0 Å². The van der Waals surface area contributed by atoms with Crippen molar-refractivity contribution in [2.75, 3.05) is 38.1 Å². The lowest BCUT2D eigenvalue weighted by molar-refractivity contribution is 0.359. The van der Waals surface area contributed by atoms with E-state index in [0.29, 0.717) is 17.5 Å². The molecule has 0 amide bonds. The van der Waals surface area contributed by atoms with Crippen LogP contribution in [0.25, 0.3) is 10.8 Å². The molecule has 0 bridgehead atoms. The van der Waals surface area contributed by atoms with Crippen molar-refractivity contribution in [1.29, 1.82) is 5.26 Å². The fraction of sp³-hybridized carbons (Fsp3) is 0.429. The van der Waals surface area contributed by atoms with Gasteiger partial charge in [-0.1, -0.05) is 6.07 Å². The standard InChI is InChI=1S/C14H16N4OS/c1-17-5-3-6-18(8-7-17)14-11(10-15)16-13(19-14)12-4-2-9-20-12/h2,4,9H,3,5-8H2,1H3. The second-order valence-corrected chi connectivity index (χ2v) is 5.85. The van der Waals surface area contributed by atoms with Crippen LogP contribution in [0.1, 0.15) is 12.1 Å². The molecule has 2 aromatic heterocycles. The summed E-state index contributed by atoms with van der Waals surface area (Å²) in [6.45, 7) is 3.81. The average molecular weight is 288 g/mol. The fourth-order valence-corrected chi connectivity index (χ4v) is 3.00. The molecule has 0 radical (unpaired) electrons. The smallest absolute Gasteiger partial charge is 0.240 e. The van der Waals surface area contributed by atoms with Gasteiger partial charge in [-0.3, -0.25) is 0 Å². The van der Waals surface area contributed by atoms with Gasteiger partial charge in [0.05, 0.1) is 4.88 Å². The summed E-state index contributed by atoms with van der Waals surface area (Å²) in [6, 6.07) is 6.06. The summed E-state index contributed by atoms with van der Waals surface area (Å²) in [5.74, 6) is 1.16. The molecule has 1 aliphatic rings.